The highest BCUT2D eigenvalue weighted by atomic mass is 19.4. The quantitative estimate of drug-likeness (QED) is 0.550. The molecule has 148 valence electrons. The minimum absolute atomic E-state index is 0.0892. The molecule has 0 radical (unpaired) electrons. The molecular weight excluding hydrogens is 387 g/mol. The Bertz CT molecular complexity index is 1310. The zero-order valence-electron chi connectivity index (χ0n) is 15.0. The maximum absolute atomic E-state index is 13.1. The number of anilines is 1. The average molecular weight is 401 g/mol. The average Bonchev–Trinajstić information content (AvgIpc) is 3.14. The van der Waals surface area contributed by atoms with Crippen LogP contribution in [-0.2, 0) is 11.3 Å². The first-order valence-corrected chi connectivity index (χ1v) is 8.53. The Kier molecular flexibility index (Phi) is 4.33. The number of carbonyl (C=O) groups excluding carboxylic acids is 1. The van der Waals surface area contributed by atoms with Gasteiger partial charge in [0.05, 0.1) is 22.6 Å². The van der Waals surface area contributed by atoms with Gasteiger partial charge in [-0.05, 0) is 29.3 Å². The van der Waals surface area contributed by atoms with Crippen LogP contribution in [0.25, 0.3) is 32.9 Å². The van der Waals surface area contributed by atoms with Gasteiger partial charge in [-0.15, -0.1) is 0 Å². The number of rotatable bonds is 3. The lowest BCUT2D eigenvalue weighted by Crippen LogP contribution is -2.28. The fraction of sp³-hybridized carbons (Fsp3) is 0.158. The maximum Gasteiger partial charge on any atom is 0.406 e. The molecule has 0 atom stereocenters. The molecule has 0 saturated heterocycles. The number of nitrogens with one attached hydrogen (secondary N) is 2. The number of hydrogen-bond donors (Lipinski definition) is 2. The zero-order chi connectivity index (χ0) is 20.8. The van der Waals surface area contributed by atoms with Crippen molar-refractivity contribution in [3.63, 3.8) is 0 Å². The molecule has 0 aliphatic heterocycles. The van der Waals surface area contributed by atoms with Crippen LogP contribution in [0.4, 0.5) is 19.0 Å². The SMILES string of the molecule is CC(=O)Nc1cc(-c2ccc3c4[nH]ncc4c(=O)n(CC(F)(F)F)c3c2)ccn1. The summed E-state index contributed by atoms with van der Waals surface area (Å²) in [6.45, 7) is -0.0732. The summed E-state index contributed by atoms with van der Waals surface area (Å²) < 4.78 is 40.1. The van der Waals surface area contributed by atoms with Crippen molar-refractivity contribution in [1.29, 1.82) is 0 Å². The Balaban J connectivity index is 1.95. The smallest absolute Gasteiger partial charge is 0.311 e. The third kappa shape index (κ3) is 3.56. The standard InChI is InChI=1S/C19H14F3N5O2/c1-10(28)25-16-7-12(4-5-23-16)11-2-3-13-15(6-11)27(9-19(20,21)22)18(29)14-8-24-26-17(13)14/h2-8H,9H2,1H3,(H,24,26)(H,23,25,28). The van der Waals surface area contributed by atoms with E-state index in [4.69, 9.17) is 0 Å². The van der Waals surface area contributed by atoms with Gasteiger partial charge >= 0.3 is 6.18 Å². The molecule has 3 aromatic heterocycles. The van der Waals surface area contributed by atoms with Crippen molar-refractivity contribution in [3.8, 4) is 11.1 Å². The number of nitrogens with zero attached hydrogens (tertiary/aromatic N) is 3. The van der Waals surface area contributed by atoms with Gasteiger partial charge in [0, 0.05) is 18.5 Å². The first-order valence-electron chi connectivity index (χ1n) is 8.53. The minimum Gasteiger partial charge on any atom is -0.311 e. The number of aromatic amines is 1. The first kappa shape index (κ1) is 18.7. The molecule has 0 bridgehead atoms. The van der Waals surface area contributed by atoms with Crippen LogP contribution in [0.1, 0.15) is 6.92 Å². The van der Waals surface area contributed by atoms with Crippen LogP contribution in [0.2, 0.25) is 0 Å². The molecule has 4 rings (SSSR count). The maximum atomic E-state index is 13.1. The molecule has 0 spiro atoms. The molecule has 1 aromatic carbocycles. The summed E-state index contributed by atoms with van der Waals surface area (Å²) in [6, 6.07) is 8.13. The molecule has 3 heterocycles. The van der Waals surface area contributed by atoms with E-state index in [0.29, 0.717) is 32.4 Å². The van der Waals surface area contributed by atoms with Gasteiger partial charge in [-0.2, -0.15) is 18.3 Å². The number of H-pyrrole nitrogens is 1. The normalized spacial score (nSPS) is 11.9. The summed E-state index contributed by atoms with van der Waals surface area (Å²) in [5, 5.41) is 9.57. The minimum atomic E-state index is -4.57. The van der Waals surface area contributed by atoms with Crippen LogP contribution in [-0.4, -0.2) is 31.8 Å². The second-order valence-corrected chi connectivity index (χ2v) is 6.51. The van der Waals surface area contributed by atoms with E-state index in [9.17, 15) is 22.8 Å². The van der Waals surface area contributed by atoms with Crippen molar-refractivity contribution >= 4 is 33.5 Å². The number of halogens is 3. The van der Waals surface area contributed by atoms with Crippen LogP contribution in [0.5, 0.6) is 0 Å². The highest BCUT2D eigenvalue weighted by Crippen LogP contribution is 2.29. The van der Waals surface area contributed by atoms with Gasteiger partial charge in [-0.1, -0.05) is 12.1 Å². The van der Waals surface area contributed by atoms with Crippen molar-refractivity contribution in [1.82, 2.24) is 19.7 Å². The van der Waals surface area contributed by atoms with Crippen LogP contribution < -0.4 is 10.9 Å². The second-order valence-electron chi connectivity index (χ2n) is 6.51. The summed E-state index contributed by atoms with van der Waals surface area (Å²) in [6.07, 6.45) is -1.87. The first-order chi connectivity index (χ1) is 13.7. The van der Waals surface area contributed by atoms with E-state index >= 15 is 0 Å². The number of carbonyl (C=O) groups is 1. The van der Waals surface area contributed by atoms with Gasteiger partial charge < -0.3 is 5.32 Å². The summed E-state index contributed by atoms with van der Waals surface area (Å²) >= 11 is 0. The van der Waals surface area contributed by atoms with Crippen LogP contribution in [0.3, 0.4) is 0 Å². The number of hydrogen-bond acceptors (Lipinski definition) is 4. The van der Waals surface area contributed by atoms with E-state index in [2.05, 4.69) is 20.5 Å². The number of aromatic nitrogens is 4. The van der Waals surface area contributed by atoms with E-state index in [0.717, 1.165) is 0 Å². The second kappa shape index (κ2) is 6.73. The molecule has 2 N–H and O–H groups in total. The Morgan fingerprint density at radius 2 is 1.93 bits per heavy atom. The predicted molar refractivity (Wildman–Crippen MR) is 101 cm³/mol. The third-order valence-electron chi connectivity index (χ3n) is 4.41. The molecule has 29 heavy (non-hydrogen) atoms. The lowest BCUT2D eigenvalue weighted by molar-refractivity contribution is -0.140. The van der Waals surface area contributed by atoms with E-state index < -0.39 is 18.3 Å². The third-order valence-corrected chi connectivity index (χ3v) is 4.41. The van der Waals surface area contributed by atoms with Gasteiger partial charge in [0.15, 0.2) is 0 Å². The molecule has 10 heteroatoms. The summed E-state index contributed by atoms with van der Waals surface area (Å²) in [5.74, 6) is 0.0145. The molecule has 1 amide bonds. The number of amides is 1. The van der Waals surface area contributed by atoms with Crippen molar-refractivity contribution in [2.75, 3.05) is 5.32 Å². The van der Waals surface area contributed by atoms with E-state index in [1.165, 1.54) is 25.4 Å². The van der Waals surface area contributed by atoms with Gasteiger partial charge in [0.1, 0.15) is 12.4 Å². The Hall–Kier alpha value is -3.69. The zero-order valence-corrected chi connectivity index (χ0v) is 15.0. The van der Waals surface area contributed by atoms with E-state index in [-0.39, 0.29) is 16.8 Å². The molecule has 0 saturated carbocycles. The highest BCUT2D eigenvalue weighted by Gasteiger charge is 2.30. The van der Waals surface area contributed by atoms with E-state index in [1.807, 2.05) is 0 Å². The molecule has 0 aliphatic rings. The summed E-state index contributed by atoms with van der Waals surface area (Å²) in [4.78, 5) is 27.9. The fourth-order valence-electron chi connectivity index (χ4n) is 3.25. The summed E-state index contributed by atoms with van der Waals surface area (Å²) in [5.41, 5.74) is 0.926. The number of benzene rings is 1. The molecular formula is C19H14F3N5O2. The van der Waals surface area contributed by atoms with Crippen molar-refractivity contribution in [3.05, 3.63) is 53.1 Å². The predicted octanol–water partition coefficient (Wildman–Crippen LogP) is 3.46. The summed E-state index contributed by atoms with van der Waals surface area (Å²) in [7, 11) is 0. The van der Waals surface area contributed by atoms with Crippen molar-refractivity contribution < 1.29 is 18.0 Å². The lowest BCUT2D eigenvalue weighted by atomic mass is 10.0. The highest BCUT2D eigenvalue weighted by molar-refractivity contribution is 6.04. The van der Waals surface area contributed by atoms with Gasteiger partial charge in [0.2, 0.25) is 5.91 Å². The Morgan fingerprint density at radius 3 is 2.66 bits per heavy atom. The van der Waals surface area contributed by atoms with Gasteiger partial charge in [-0.25, -0.2) is 4.98 Å². The molecule has 4 aromatic rings. The monoisotopic (exact) mass is 401 g/mol. The number of alkyl halides is 3. The number of pyridine rings is 2. The molecule has 7 nitrogen and oxygen atoms in total. The largest absolute Gasteiger partial charge is 0.406 e. The fourth-order valence-corrected chi connectivity index (χ4v) is 3.25. The molecule has 0 unspecified atom stereocenters. The number of fused-ring (bicyclic) bond motifs is 3. The van der Waals surface area contributed by atoms with Crippen molar-refractivity contribution in [2.45, 2.75) is 19.6 Å². The van der Waals surface area contributed by atoms with Gasteiger partial charge in [-0.3, -0.25) is 19.3 Å². The lowest BCUT2D eigenvalue weighted by Gasteiger charge is -2.14. The Labute approximate surface area is 161 Å². The van der Waals surface area contributed by atoms with Crippen molar-refractivity contribution in [2.24, 2.45) is 0 Å². The Morgan fingerprint density at radius 1 is 1.17 bits per heavy atom. The molecule has 0 aliphatic carbocycles. The van der Waals surface area contributed by atoms with Crippen LogP contribution >= 0.6 is 0 Å². The van der Waals surface area contributed by atoms with Gasteiger partial charge in [0.25, 0.3) is 5.56 Å². The molecule has 0 fully saturated rings. The van der Waals surface area contributed by atoms with Crippen LogP contribution in [0, 0.1) is 0 Å². The van der Waals surface area contributed by atoms with Crippen LogP contribution in [0.15, 0.2) is 47.5 Å². The topological polar surface area (TPSA) is 92.7 Å². The van der Waals surface area contributed by atoms with E-state index in [1.54, 1.807) is 24.3 Å².